The van der Waals surface area contributed by atoms with Crippen LogP contribution in [0.25, 0.3) is 10.9 Å². The highest BCUT2D eigenvalue weighted by atomic mass is 16.5. The number of benzene rings is 1. The monoisotopic (exact) mass is 248 g/mol. The molecular formula is C13H16N2O3. The summed E-state index contributed by atoms with van der Waals surface area (Å²) in [6.45, 7) is 2.09. The van der Waals surface area contributed by atoms with E-state index in [9.17, 15) is 4.79 Å². The zero-order chi connectivity index (χ0) is 13.3. The van der Waals surface area contributed by atoms with Crippen molar-refractivity contribution in [3.8, 4) is 11.5 Å². The van der Waals surface area contributed by atoms with E-state index in [1.807, 2.05) is 13.0 Å². The fourth-order valence-electron chi connectivity index (χ4n) is 2.07. The van der Waals surface area contributed by atoms with Gasteiger partial charge in [0, 0.05) is 23.6 Å². The number of pyridine rings is 1. The number of hydrogen-bond acceptors (Lipinski definition) is 4. The van der Waals surface area contributed by atoms with Crippen LogP contribution < -0.4 is 20.8 Å². The summed E-state index contributed by atoms with van der Waals surface area (Å²) in [5.41, 5.74) is 7.62. The lowest BCUT2D eigenvalue weighted by Gasteiger charge is -2.12. The number of methoxy groups -OCH3 is 2. The minimum Gasteiger partial charge on any atom is -0.493 e. The molecule has 0 saturated carbocycles. The first-order valence-corrected chi connectivity index (χ1v) is 5.60. The van der Waals surface area contributed by atoms with Crippen LogP contribution in [0.1, 0.15) is 11.1 Å². The largest absolute Gasteiger partial charge is 0.493 e. The number of hydrogen-bond donors (Lipinski definition) is 2. The number of nitrogens with two attached hydrogens (primary N) is 1. The van der Waals surface area contributed by atoms with Crippen LogP contribution >= 0.6 is 0 Å². The summed E-state index contributed by atoms with van der Waals surface area (Å²) in [4.78, 5) is 14.6. The molecule has 0 fully saturated rings. The van der Waals surface area contributed by atoms with Gasteiger partial charge in [0.2, 0.25) is 0 Å². The zero-order valence-electron chi connectivity index (χ0n) is 10.7. The minimum absolute atomic E-state index is 0.158. The van der Waals surface area contributed by atoms with Gasteiger partial charge in [-0.15, -0.1) is 0 Å². The summed E-state index contributed by atoms with van der Waals surface area (Å²) in [7, 11) is 3.14. The molecule has 0 aliphatic heterocycles. The molecule has 96 valence electrons. The summed E-state index contributed by atoms with van der Waals surface area (Å²) in [5.74, 6) is 1.21. The Morgan fingerprint density at radius 3 is 2.39 bits per heavy atom. The Morgan fingerprint density at radius 1 is 1.22 bits per heavy atom. The first-order chi connectivity index (χ1) is 8.62. The second-order valence-electron chi connectivity index (χ2n) is 4.01. The van der Waals surface area contributed by atoms with Gasteiger partial charge in [-0.2, -0.15) is 0 Å². The van der Waals surface area contributed by atoms with Crippen LogP contribution in [0.4, 0.5) is 0 Å². The van der Waals surface area contributed by atoms with Crippen molar-refractivity contribution < 1.29 is 9.47 Å². The predicted octanol–water partition coefficient (Wildman–Crippen LogP) is 1.31. The van der Waals surface area contributed by atoms with Crippen molar-refractivity contribution in [1.29, 1.82) is 0 Å². The van der Waals surface area contributed by atoms with E-state index in [1.165, 1.54) is 0 Å². The molecule has 5 nitrogen and oxygen atoms in total. The van der Waals surface area contributed by atoms with Crippen LogP contribution in [0, 0.1) is 6.92 Å². The molecule has 0 amide bonds. The quantitative estimate of drug-likeness (QED) is 0.858. The van der Waals surface area contributed by atoms with E-state index in [1.54, 1.807) is 20.3 Å². The first kappa shape index (κ1) is 12.4. The highest BCUT2D eigenvalue weighted by molar-refractivity contribution is 5.86. The Labute approximate surface area is 105 Å². The lowest BCUT2D eigenvalue weighted by Crippen LogP contribution is -2.18. The number of ether oxygens (including phenoxy) is 2. The molecule has 5 heteroatoms. The SMILES string of the molecule is COc1cc2[nH]c(=O)c(CN)c(C)c2cc1OC. The number of aryl methyl sites for hydroxylation is 1. The average molecular weight is 248 g/mol. The van der Waals surface area contributed by atoms with Crippen LogP contribution in [0.15, 0.2) is 16.9 Å². The van der Waals surface area contributed by atoms with Gasteiger partial charge >= 0.3 is 0 Å². The van der Waals surface area contributed by atoms with Gasteiger partial charge < -0.3 is 20.2 Å². The molecule has 0 aliphatic carbocycles. The molecule has 3 N–H and O–H groups in total. The van der Waals surface area contributed by atoms with Crippen molar-refractivity contribution in [3.05, 3.63) is 33.6 Å². The Morgan fingerprint density at radius 2 is 1.83 bits per heavy atom. The highest BCUT2D eigenvalue weighted by Crippen LogP contribution is 2.32. The van der Waals surface area contributed by atoms with Crippen molar-refractivity contribution in [2.24, 2.45) is 5.73 Å². The van der Waals surface area contributed by atoms with Crippen molar-refractivity contribution in [2.75, 3.05) is 14.2 Å². The lowest BCUT2D eigenvalue weighted by atomic mass is 10.0. The Hall–Kier alpha value is -2.01. The van der Waals surface area contributed by atoms with Gasteiger partial charge in [-0.1, -0.05) is 0 Å². The van der Waals surface area contributed by atoms with Crippen molar-refractivity contribution in [1.82, 2.24) is 4.98 Å². The van der Waals surface area contributed by atoms with Gasteiger partial charge in [0.25, 0.3) is 5.56 Å². The molecule has 1 aromatic carbocycles. The van der Waals surface area contributed by atoms with E-state index in [2.05, 4.69) is 4.98 Å². The van der Waals surface area contributed by atoms with Gasteiger partial charge in [-0.05, 0) is 18.6 Å². The maximum absolute atomic E-state index is 11.8. The molecule has 1 aromatic heterocycles. The van der Waals surface area contributed by atoms with Gasteiger partial charge in [0.1, 0.15) is 0 Å². The van der Waals surface area contributed by atoms with Crippen molar-refractivity contribution >= 4 is 10.9 Å². The van der Waals surface area contributed by atoms with E-state index in [4.69, 9.17) is 15.2 Å². The van der Waals surface area contributed by atoms with Gasteiger partial charge in [0.15, 0.2) is 11.5 Å². The number of rotatable bonds is 3. The number of aromatic nitrogens is 1. The summed E-state index contributed by atoms with van der Waals surface area (Å²) in [5, 5.41) is 0.910. The Balaban J connectivity index is 2.85. The smallest absolute Gasteiger partial charge is 0.253 e. The van der Waals surface area contributed by atoms with Gasteiger partial charge in [0.05, 0.1) is 19.7 Å². The molecule has 0 unspecified atom stereocenters. The third kappa shape index (κ3) is 1.82. The maximum atomic E-state index is 11.8. The summed E-state index contributed by atoms with van der Waals surface area (Å²) < 4.78 is 10.5. The molecule has 0 radical (unpaired) electrons. The van der Waals surface area contributed by atoms with E-state index in [0.717, 1.165) is 10.9 Å². The molecule has 0 bridgehead atoms. The molecule has 2 aromatic rings. The summed E-state index contributed by atoms with van der Waals surface area (Å²) >= 11 is 0. The first-order valence-electron chi connectivity index (χ1n) is 5.60. The normalized spacial score (nSPS) is 10.7. The molecule has 18 heavy (non-hydrogen) atoms. The van der Waals surface area contributed by atoms with Crippen LogP contribution in [-0.4, -0.2) is 19.2 Å². The van der Waals surface area contributed by atoms with Gasteiger partial charge in [-0.25, -0.2) is 0 Å². The number of nitrogens with one attached hydrogen (secondary N) is 1. The van der Waals surface area contributed by atoms with Crippen LogP contribution in [-0.2, 0) is 6.54 Å². The van der Waals surface area contributed by atoms with E-state index < -0.39 is 0 Å². The summed E-state index contributed by atoms with van der Waals surface area (Å²) in [6.07, 6.45) is 0. The topological polar surface area (TPSA) is 77.3 Å². The molecule has 0 atom stereocenters. The fourth-order valence-corrected chi connectivity index (χ4v) is 2.07. The average Bonchev–Trinajstić information content (AvgIpc) is 2.37. The molecule has 0 spiro atoms. The standard InChI is InChI=1S/C13H16N2O3/c1-7-8-4-11(17-2)12(18-3)5-10(8)15-13(16)9(7)6-14/h4-5H,6,14H2,1-3H3,(H,15,16). The minimum atomic E-state index is -0.158. The Kier molecular flexibility index (Phi) is 3.25. The second-order valence-corrected chi connectivity index (χ2v) is 4.01. The third-order valence-corrected chi connectivity index (χ3v) is 3.11. The number of fused-ring (bicyclic) bond motifs is 1. The number of H-pyrrole nitrogens is 1. The zero-order valence-corrected chi connectivity index (χ0v) is 10.7. The molecule has 2 rings (SSSR count). The van der Waals surface area contributed by atoms with Gasteiger partial charge in [-0.3, -0.25) is 4.79 Å². The second kappa shape index (κ2) is 4.70. The molecule has 0 saturated heterocycles. The van der Waals surface area contributed by atoms with Crippen LogP contribution in [0.2, 0.25) is 0 Å². The molecule has 1 heterocycles. The molecule has 0 aliphatic rings. The Bertz CT molecular complexity index is 647. The van der Waals surface area contributed by atoms with Crippen LogP contribution in [0.5, 0.6) is 11.5 Å². The fraction of sp³-hybridized carbons (Fsp3) is 0.308. The maximum Gasteiger partial charge on any atom is 0.253 e. The van der Waals surface area contributed by atoms with Crippen LogP contribution in [0.3, 0.4) is 0 Å². The van der Waals surface area contributed by atoms with Crippen molar-refractivity contribution in [2.45, 2.75) is 13.5 Å². The van der Waals surface area contributed by atoms with Crippen molar-refractivity contribution in [3.63, 3.8) is 0 Å². The van der Waals surface area contributed by atoms with E-state index in [0.29, 0.717) is 22.6 Å². The number of aromatic amines is 1. The van der Waals surface area contributed by atoms with E-state index >= 15 is 0 Å². The van der Waals surface area contributed by atoms with E-state index in [-0.39, 0.29) is 12.1 Å². The third-order valence-electron chi connectivity index (χ3n) is 3.11. The highest BCUT2D eigenvalue weighted by Gasteiger charge is 2.12. The predicted molar refractivity (Wildman–Crippen MR) is 70.3 cm³/mol. The summed E-state index contributed by atoms with van der Waals surface area (Å²) in [6, 6.07) is 3.60. The lowest BCUT2D eigenvalue weighted by molar-refractivity contribution is 0.355. The molecular weight excluding hydrogens is 232 g/mol.